The third kappa shape index (κ3) is 5.08. The molecule has 8 nitrogen and oxygen atoms in total. The molecule has 31 heavy (non-hydrogen) atoms. The summed E-state index contributed by atoms with van der Waals surface area (Å²) in [5.41, 5.74) is 5.67. The lowest BCUT2D eigenvalue weighted by Gasteiger charge is -2.19. The molecular formula is C18H16ClF3N4O4S. The molecule has 0 spiro atoms. The summed E-state index contributed by atoms with van der Waals surface area (Å²) < 4.78 is 37.7. The van der Waals surface area contributed by atoms with Crippen LogP contribution in [0.5, 0.6) is 0 Å². The molecule has 1 saturated carbocycles. The second kappa shape index (κ2) is 8.97. The first-order chi connectivity index (χ1) is 14.5. The van der Waals surface area contributed by atoms with E-state index in [1.54, 1.807) is 0 Å². The molecule has 3 rings (SSSR count). The highest BCUT2D eigenvalue weighted by molar-refractivity contribution is 7.14. The van der Waals surface area contributed by atoms with E-state index in [1.807, 2.05) is 0 Å². The number of Topliss-reactive ketones (excluding diaryl/α,β-unsaturated/α-hetero) is 1. The Bertz CT molecular complexity index is 1050. The number of nitrogens with zero attached hydrogens (tertiary/aromatic N) is 2. The predicted molar refractivity (Wildman–Crippen MR) is 107 cm³/mol. The van der Waals surface area contributed by atoms with E-state index in [1.165, 1.54) is 6.07 Å². The number of ketones is 1. The van der Waals surface area contributed by atoms with E-state index in [0.717, 1.165) is 6.07 Å². The van der Waals surface area contributed by atoms with Crippen molar-refractivity contribution >= 4 is 40.5 Å². The molecule has 2 aromatic heterocycles. The van der Waals surface area contributed by atoms with Gasteiger partial charge in [-0.1, -0.05) is 23.4 Å². The molecule has 6 N–H and O–H groups in total. The van der Waals surface area contributed by atoms with Crippen LogP contribution in [0.4, 0.5) is 24.9 Å². The van der Waals surface area contributed by atoms with Crippen molar-refractivity contribution in [2.24, 2.45) is 5.92 Å². The van der Waals surface area contributed by atoms with Crippen LogP contribution in [0.3, 0.4) is 0 Å². The van der Waals surface area contributed by atoms with Crippen molar-refractivity contribution in [3.63, 3.8) is 0 Å². The maximum absolute atomic E-state index is 12.6. The Morgan fingerprint density at radius 2 is 2.00 bits per heavy atom. The number of nitrogen functional groups attached to an aromatic ring is 1. The number of aromatic nitrogens is 2. The summed E-state index contributed by atoms with van der Waals surface area (Å²) in [6.45, 7) is -0.326. The van der Waals surface area contributed by atoms with Gasteiger partial charge >= 0.3 is 6.18 Å². The van der Waals surface area contributed by atoms with Gasteiger partial charge in [-0.05, 0) is 18.6 Å². The number of aliphatic hydroxyl groups is 3. The first-order valence-electron chi connectivity index (χ1n) is 8.81. The lowest BCUT2D eigenvalue weighted by molar-refractivity contribution is -0.0882. The summed E-state index contributed by atoms with van der Waals surface area (Å²) in [6, 6.07) is 1.59. The van der Waals surface area contributed by atoms with Crippen molar-refractivity contribution in [1.29, 1.82) is 0 Å². The number of aliphatic hydroxyl groups excluding tert-OH is 3. The van der Waals surface area contributed by atoms with Crippen LogP contribution >= 0.6 is 22.9 Å². The molecule has 4 unspecified atom stereocenters. The molecule has 0 bridgehead atoms. The van der Waals surface area contributed by atoms with E-state index >= 15 is 0 Å². The molecule has 0 radical (unpaired) electrons. The summed E-state index contributed by atoms with van der Waals surface area (Å²) in [4.78, 5) is 18.8. The SMILES string of the molecule is Nc1nc(Cl)c(C#Cc2ccc(C(=O)C(F)(F)F)s2)c(NC2CC(CO)C(O)C2O)n1. The fraction of sp³-hybridized carbons (Fsp3) is 0.389. The molecular weight excluding hydrogens is 461 g/mol. The molecule has 1 aliphatic carbocycles. The van der Waals surface area contributed by atoms with Gasteiger partial charge in [-0.2, -0.15) is 23.1 Å². The van der Waals surface area contributed by atoms with Crippen LogP contribution in [-0.4, -0.2) is 62.1 Å². The van der Waals surface area contributed by atoms with E-state index in [0.29, 0.717) is 11.3 Å². The molecule has 2 aromatic rings. The number of nitrogens with two attached hydrogens (primary N) is 1. The number of rotatable bonds is 4. The fourth-order valence-electron chi connectivity index (χ4n) is 3.08. The molecule has 0 aliphatic heterocycles. The Morgan fingerprint density at radius 3 is 2.61 bits per heavy atom. The Labute approximate surface area is 182 Å². The molecule has 2 heterocycles. The van der Waals surface area contributed by atoms with E-state index in [4.69, 9.17) is 17.3 Å². The second-order valence-electron chi connectivity index (χ2n) is 6.75. The van der Waals surface area contributed by atoms with Gasteiger partial charge < -0.3 is 26.4 Å². The average molecular weight is 477 g/mol. The number of nitrogens with one attached hydrogen (secondary N) is 1. The number of hydrogen-bond acceptors (Lipinski definition) is 9. The number of halogens is 4. The van der Waals surface area contributed by atoms with Crippen LogP contribution in [0.25, 0.3) is 0 Å². The maximum Gasteiger partial charge on any atom is 0.455 e. The Hall–Kier alpha value is -2.43. The van der Waals surface area contributed by atoms with E-state index < -0.39 is 41.0 Å². The number of carbonyl (C=O) groups excluding carboxylic acids is 1. The number of thiophene rings is 1. The van der Waals surface area contributed by atoms with Crippen LogP contribution < -0.4 is 11.1 Å². The third-order valence-corrected chi connectivity index (χ3v) is 5.91. The van der Waals surface area contributed by atoms with Gasteiger partial charge in [0, 0.05) is 12.5 Å². The maximum atomic E-state index is 12.6. The zero-order valence-corrected chi connectivity index (χ0v) is 17.1. The summed E-state index contributed by atoms with van der Waals surface area (Å²) in [5, 5.41) is 32.2. The zero-order chi connectivity index (χ0) is 22.9. The van der Waals surface area contributed by atoms with Gasteiger partial charge in [0.05, 0.1) is 21.9 Å². The average Bonchev–Trinajstić information content (AvgIpc) is 3.26. The molecule has 166 valence electrons. The van der Waals surface area contributed by atoms with E-state index in [-0.39, 0.29) is 40.4 Å². The number of hydrogen-bond donors (Lipinski definition) is 5. The second-order valence-corrected chi connectivity index (χ2v) is 8.19. The smallest absolute Gasteiger partial charge is 0.396 e. The Morgan fingerprint density at radius 1 is 1.29 bits per heavy atom. The van der Waals surface area contributed by atoms with Gasteiger partial charge in [0.2, 0.25) is 5.95 Å². The summed E-state index contributed by atoms with van der Waals surface area (Å²) in [7, 11) is 0. The number of alkyl halides is 3. The highest BCUT2D eigenvalue weighted by Gasteiger charge is 2.42. The highest BCUT2D eigenvalue weighted by atomic mass is 35.5. The minimum absolute atomic E-state index is 0.0444. The van der Waals surface area contributed by atoms with Crippen LogP contribution in [0.15, 0.2) is 12.1 Å². The van der Waals surface area contributed by atoms with Gasteiger partial charge in [0.25, 0.3) is 5.78 Å². The van der Waals surface area contributed by atoms with Crippen molar-refractivity contribution in [1.82, 2.24) is 9.97 Å². The first kappa shape index (κ1) is 23.2. The predicted octanol–water partition coefficient (Wildman–Crippen LogP) is 1.43. The Balaban J connectivity index is 1.89. The first-order valence-corrected chi connectivity index (χ1v) is 10.0. The number of anilines is 2. The largest absolute Gasteiger partial charge is 0.455 e. The van der Waals surface area contributed by atoms with Crippen molar-refractivity contribution in [2.45, 2.75) is 30.8 Å². The normalized spacial score (nSPS) is 23.3. The summed E-state index contributed by atoms with van der Waals surface area (Å²) in [5.74, 6) is 2.58. The topological polar surface area (TPSA) is 142 Å². The quantitative estimate of drug-likeness (QED) is 0.253. The van der Waals surface area contributed by atoms with Gasteiger partial charge in [0.15, 0.2) is 5.15 Å². The molecule has 1 fully saturated rings. The third-order valence-electron chi connectivity index (χ3n) is 4.64. The Kier molecular flexibility index (Phi) is 6.73. The molecule has 4 atom stereocenters. The molecule has 1 aliphatic rings. The lowest BCUT2D eigenvalue weighted by Crippen LogP contribution is -2.35. The summed E-state index contributed by atoms with van der Waals surface area (Å²) >= 11 is 6.66. The molecule has 0 aromatic carbocycles. The van der Waals surface area contributed by atoms with Crippen LogP contribution in [0.2, 0.25) is 5.15 Å². The minimum Gasteiger partial charge on any atom is -0.396 e. The van der Waals surface area contributed by atoms with Gasteiger partial charge in [-0.3, -0.25) is 4.79 Å². The van der Waals surface area contributed by atoms with E-state index in [2.05, 4.69) is 27.1 Å². The fourth-order valence-corrected chi connectivity index (χ4v) is 4.12. The standard InChI is InChI=1S/C18H16ClF3N4O4S/c19-15-9(3-1-8-2-4-11(31-8)14(30)18(20,21)22)16(26-17(23)25-15)24-10-5-7(6-27)12(28)13(10)29/h2,4,7,10,12-13,27-29H,5-6H2,(H3,23,24,25,26). The lowest BCUT2D eigenvalue weighted by atomic mass is 10.1. The van der Waals surface area contributed by atoms with Crippen LogP contribution in [-0.2, 0) is 0 Å². The van der Waals surface area contributed by atoms with Crippen molar-refractivity contribution in [3.8, 4) is 11.8 Å². The highest BCUT2D eigenvalue weighted by Crippen LogP contribution is 2.31. The molecule has 0 amide bonds. The van der Waals surface area contributed by atoms with Gasteiger partial charge in [-0.15, -0.1) is 11.3 Å². The zero-order valence-electron chi connectivity index (χ0n) is 15.5. The van der Waals surface area contributed by atoms with Crippen LogP contribution in [0.1, 0.15) is 26.5 Å². The molecule has 0 saturated heterocycles. The van der Waals surface area contributed by atoms with E-state index in [9.17, 15) is 33.3 Å². The van der Waals surface area contributed by atoms with Crippen molar-refractivity contribution in [3.05, 3.63) is 32.6 Å². The van der Waals surface area contributed by atoms with Crippen molar-refractivity contribution in [2.75, 3.05) is 17.7 Å². The monoisotopic (exact) mass is 476 g/mol. The number of carbonyl (C=O) groups is 1. The van der Waals surface area contributed by atoms with Gasteiger partial charge in [0.1, 0.15) is 17.5 Å². The minimum atomic E-state index is -4.99. The van der Waals surface area contributed by atoms with Crippen molar-refractivity contribution < 1.29 is 33.3 Å². The van der Waals surface area contributed by atoms with Gasteiger partial charge in [-0.25, -0.2) is 0 Å². The summed E-state index contributed by atoms with van der Waals surface area (Å²) in [6.07, 6.45) is -7.12. The molecule has 13 heteroatoms. The van der Waals surface area contributed by atoms with Crippen LogP contribution in [0, 0.1) is 17.8 Å².